The van der Waals surface area contributed by atoms with Gasteiger partial charge in [-0.2, -0.15) is 5.90 Å². The van der Waals surface area contributed by atoms with E-state index < -0.39 is 6.09 Å². The number of amides is 1. The molecule has 8 nitrogen and oxygen atoms in total. The molecular formula is C7H15N3O5S. The van der Waals surface area contributed by atoms with Gasteiger partial charge in [0.25, 0.3) is 0 Å². The summed E-state index contributed by atoms with van der Waals surface area (Å²) in [6.45, 7) is 1.87. The average molecular weight is 253 g/mol. The van der Waals surface area contributed by atoms with Crippen LogP contribution in [0.5, 0.6) is 0 Å². The number of carbonyl (C=O) groups excluding carboxylic acids is 2. The number of hydrogen-bond acceptors (Lipinski definition) is 8. The van der Waals surface area contributed by atoms with Gasteiger partial charge in [-0.25, -0.2) is 9.52 Å². The molecule has 0 rings (SSSR count). The van der Waals surface area contributed by atoms with Gasteiger partial charge in [-0.05, 0) is 0 Å². The summed E-state index contributed by atoms with van der Waals surface area (Å²) in [6.07, 6.45) is -0.0545. The second-order valence-corrected chi connectivity index (χ2v) is 3.05. The van der Waals surface area contributed by atoms with Gasteiger partial charge < -0.3 is 19.1 Å². The summed E-state index contributed by atoms with van der Waals surface area (Å²) < 4.78 is 15.0. The normalized spacial score (nSPS) is 9.81. The molecule has 0 saturated carbocycles. The Labute approximate surface area is 97.4 Å². The number of ether oxygens (including phenoxy) is 2. The van der Waals surface area contributed by atoms with Gasteiger partial charge >= 0.3 is 6.09 Å². The fourth-order valence-corrected chi connectivity index (χ4v) is 1.01. The van der Waals surface area contributed by atoms with Crippen LogP contribution in [0.15, 0.2) is 0 Å². The lowest BCUT2D eigenvalue weighted by Crippen LogP contribution is -2.26. The molecule has 0 aliphatic carbocycles. The highest BCUT2D eigenvalue weighted by Crippen LogP contribution is 1.85. The standard InChI is InChI=1S/C7H15N3O5S/c8-15-7(12)10-16-9-1-3-13-5-6-14-4-2-11/h2,9H,1,3-6,8H2,(H,10,12). The quantitative estimate of drug-likeness (QED) is 0.196. The molecule has 16 heavy (non-hydrogen) atoms. The Morgan fingerprint density at radius 3 is 2.75 bits per heavy atom. The second-order valence-electron chi connectivity index (χ2n) is 2.36. The number of nitrogens with one attached hydrogen (secondary N) is 2. The maximum absolute atomic E-state index is 10.5. The van der Waals surface area contributed by atoms with Crippen molar-refractivity contribution < 1.29 is 23.9 Å². The SMILES string of the molecule is NOC(=O)NSNCCOCCOCC=O. The van der Waals surface area contributed by atoms with Crippen molar-refractivity contribution in [2.24, 2.45) is 5.90 Å². The van der Waals surface area contributed by atoms with Gasteiger partial charge in [0.2, 0.25) is 0 Å². The van der Waals surface area contributed by atoms with E-state index in [9.17, 15) is 9.59 Å². The first-order valence-corrected chi connectivity index (χ1v) is 5.27. The third kappa shape index (κ3) is 11.2. The Kier molecular flexibility index (Phi) is 11.5. The number of aldehydes is 1. The third-order valence-corrected chi connectivity index (χ3v) is 1.84. The zero-order chi connectivity index (χ0) is 12.1. The molecule has 0 fully saturated rings. The molecule has 0 aromatic heterocycles. The Hall–Kier alpha value is -0.870. The molecular weight excluding hydrogens is 238 g/mol. The number of carbonyl (C=O) groups is 2. The Bertz CT molecular complexity index is 195. The van der Waals surface area contributed by atoms with E-state index in [4.69, 9.17) is 9.47 Å². The van der Waals surface area contributed by atoms with Gasteiger partial charge in [-0.3, -0.25) is 4.72 Å². The Morgan fingerprint density at radius 1 is 1.31 bits per heavy atom. The smallest absolute Gasteiger partial charge is 0.378 e. The Morgan fingerprint density at radius 2 is 2.06 bits per heavy atom. The van der Waals surface area contributed by atoms with Crippen molar-refractivity contribution in [3.05, 3.63) is 0 Å². The van der Waals surface area contributed by atoms with E-state index in [2.05, 4.69) is 20.2 Å². The fraction of sp³-hybridized carbons (Fsp3) is 0.714. The van der Waals surface area contributed by atoms with Crippen molar-refractivity contribution in [1.29, 1.82) is 0 Å². The zero-order valence-electron chi connectivity index (χ0n) is 8.64. The van der Waals surface area contributed by atoms with Crippen molar-refractivity contribution >= 4 is 24.5 Å². The van der Waals surface area contributed by atoms with Crippen molar-refractivity contribution in [1.82, 2.24) is 9.44 Å². The van der Waals surface area contributed by atoms with Crippen LogP contribution in [-0.4, -0.2) is 45.4 Å². The highest BCUT2D eigenvalue weighted by atomic mass is 32.2. The van der Waals surface area contributed by atoms with Gasteiger partial charge in [-0.1, -0.05) is 0 Å². The molecule has 0 saturated heterocycles. The van der Waals surface area contributed by atoms with Crippen LogP contribution in [0.1, 0.15) is 0 Å². The minimum Gasteiger partial charge on any atom is -0.378 e. The van der Waals surface area contributed by atoms with Crippen LogP contribution in [0.2, 0.25) is 0 Å². The largest absolute Gasteiger partial charge is 0.436 e. The van der Waals surface area contributed by atoms with Gasteiger partial charge in [-0.15, -0.1) is 0 Å². The molecule has 9 heteroatoms. The lowest BCUT2D eigenvalue weighted by atomic mass is 10.7. The minimum atomic E-state index is -0.735. The van der Waals surface area contributed by atoms with Crippen LogP contribution in [0.3, 0.4) is 0 Å². The van der Waals surface area contributed by atoms with E-state index in [0.717, 1.165) is 12.1 Å². The van der Waals surface area contributed by atoms with E-state index in [1.165, 1.54) is 0 Å². The van der Waals surface area contributed by atoms with Gasteiger partial charge in [0, 0.05) is 18.7 Å². The minimum absolute atomic E-state index is 0.0859. The van der Waals surface area contributed by atoms with Gasteiger partial charge in [0.15, 0.2) is 0 Å². The lowest BCUT2D eigenvalue weighted by molar-refractivity contribution is -0.112. The van der Waals surface area contributed by atoms with E-state index in [1.54, 1.807) is 0 Å². The van der Waals surface area contributed by atoms with Gasteiger partial charge in [0.1, 0.15) is 12.9 Å². The first-order chi connectivity index (χ1) is 7.81. The van der Waals surface area contributed by atoms with Crippen LogP contribution >= 0.6 is 12.1 Å². The molecule has 1 amide bonds. The van der Waals surface area contributed by atoms with Crippen molar-refractivity contribution in [2.45, 2.75) is 0 Å². The topological polar surface area (TPSA) is 112 Å². The van der Waals surface area contributed by atoms with Crippen molar-refractivity contribution in [3.63, 3.8) is 0 Å². The zero-order valence-corrected chi connectivity index (χ0v) is 9.46. The summed E-state index contributed by atoms with van der Waals surface area (Å²) in [5.41, 5.74) is 0. The molecule has 0 aliphatic heterocycles. The molecule has 4 N–H and O–H groups in total. The maximum Gasteiger partial charge on any atom is 0.436 e. The van der Waals surface area contributed by atoms with Crippen LogP contribution in [0.25, 0.3) is 0 Å². The fourth-order valence-electron chi connectivity index (χ4n) is 0.618. The number of rotatable bonds is 10. The molecule has 94 valence electrons. The van der Waals surface area contributed by atoms with Gasteiger partial charge in [0.05, 0.1) is 19.8 Å². The first-order valence-electron chi connectivity index (χ1n) is 4.45. The Balaban J connectivity index is 2.98. The van der Waals surface area contributed by atoms with E-state index >= 15 is 0 Å². The van der Waals surface area contributed by atoms with E-state index in [0.29, 0.717) is 32.7 Å². The van der Waals surface area contributed by atoms with Crippen molar-refractivity contribution in [3.8, 4) is 0 Å². The third-order valence-electron chi connectivity index (χ3n) is 1.22. The predicted molar refractivity (Wildman–Crippen MR) is 57.1 cm³/mol. The van der Waals surface area contributed by atoms with E-state index in [1.807, 2.05) is 0 Å². The lowest BCUT2D eigenvalue weighted by Gasteiger charge is -2.05. The summed E-state index contributed by atoms with van der Waals surface area (Å²) in [7, 11) is 0. The second kappa shape index (κ2) is 12.2. The number of hydrogen-bond donors (Lipinski definition) is 3. The highest BCUT2D eigenvalue weighted by molar-refractivity contribution is 7.96. The van der Waals surface area contributed by atoms with Crippen LogP contribution < -0.4 is 15.3 Å². The van der Waals surface area contributed by atoms with E-state index in [-0.39, 0.29) is 6.61 Å². The van der Waals surface area contributed by atoms with Crippen molar-refractivity contribution in [2.75, 3.05) is 33.0 Å². The monoisotopic (exact) mass is 253 g/mol. The number of nitrogens with two attached hydrogens (primary N) is 1. The summed E-state index contributed by atoms with van der Waals surface area (Å²) in [5.74, 6) is 4.58. The predicted octanol–water partition coefficient (Wildman–Crippen LogP) is -1.03. The van der Waals surface area contributed by atoms with Crippen LogP contribution in [0, 0.1) is 0 Å². The molecule has 0 aromatic carbocycles. The summed E-state index contributed by atoms with van der Waals surface area (Å²) >= 11 is 0.946. The molecule has 0 radical (unpaired) electrons. The summed E-state index contributed by atoms with van der Waals surface area (Å²) in [4.78, 5) is 24.2. The molecule has 0 bridgehead atoms. The highest BCUT2D eigenvalue weighted by Gasteiger charge is 1.97. The maximum atomic E-state index is 10.5. The molecule has 0 aromatic rings. The summed E-state index contributed by atoms with van der Waals surface area (Å²) in [6, 6.07) is 0. The van der Waals surface area contributed by atoms with Crippen LogP contribution in [-0.2, 0) is 19.1 Å². The molecule has 0 atom stereocenters. The molecule has 0 heterocycles. The molecule has 0 aliphatic rings. The summed E-state index contributed by atoms with van der Waals surface area (Å²) in [5, 5.41) is 0. The average Bonchev–Trinajstić information content (AvgIpc) is 2.31. The first kappa shape index (κ1) is 15.1. The molecule has 0 spiro atoms. The van der Waals surface area contributed by atoms with Crippen LogP contribution in [0.4, 0.5) is 4.79 Å². The molecule has 0 unspecified atom stereocenters.